The zero-order valence-corrected chi connectivity index (χ0v) is 37.1. The van der Waals surface area contributed by atoms with Gasteiger partial charge in [-0.05, 0) is 117 Å². The van der Waals surface area contributed by atoms with Crippen molar-refractivity contribution in [2.45, 2.75) is 25.7 Å². The molecule has 0 radical (unpaired) electrons. The van der Waals surface area contributed by atoms with Crippen LogP contribution in [0.3, 0.4) is 0 Å². The second kappa shape index (κ2) is 18.8. The molecular weight excluding hydrogens is 799 g/mol. The van der Waals surface area contributed by atoms with Crippen LogP contribution in [-0.4, -0.2) is 5.75 Å². The quantitative estimate of drug-likeness (QED) is 0.120. The lowest BCUT2D eigenvalue weighted by atomic mass is 9.85. The van der Waals surface area contributed by atoms with Crippen LogP contribution in [0.25, 0.3) is 37.6 Å². The second-order valence-electron chi connectivity index (χ2n) is 16.5. The normalized spacial score (nSPS) is 15.4. The highest BCUT2D eigenvalue weighted by molar-refractivity contribution is 8.08. The minimum Gasteiger partial charge on any atom is -0.314 e. The molecule has 8 aromatic rings. The van der Waals surface area contributed by atoms with Crippen LogP contribution in [0.4, 0.5) is 11.4 Å². The van der Waals surface area contributed by atoms with Crippen LogP contribution < -0.4 is 4.90 Å². The maximum Gasteiger partial charge on any atom is 0.0458 e. The third kappa shape index (κ3) is 9.13. The van der Waals surface area contributed by atoms with Crippen LogP contribution in [0.1, 0.15) is 52.0 Å². The van der Waals surface area contributed by atoms with Gasteiger partial charge in [-0.15, -0.1) is 23.1 Å². The molecule has 2 aliphatic rings. The number of benzene rings is 7. The van der Waals surface area contributed by atoms with Crippen molar-refractivity contribution in [3.63, 3.8) is 0 Å². The van der Waals surface area contributed by atoms with E-state index in [4.69, 9.17) is 0 Å². The molecule has 0 fully saturated rings. The van der Waals surface area contributed by atoms with Gasteiger partial charge in [-0.2, -0.15) is 0 Å². The maximum absolute atomic E-state index is 2.44. The Labute approximate surface area is 381 Å². The lowest BCUT2D eigenvalue weighted by Gasteiger charge is -2.33. The Bertz CT molecular complexity index is 2900. The zero-order chi connectivity index (χ0) is 42.4. The molecule has 1 aliphatic heterocycles. The number of anilines is 2. The SMILES string of the molecule is CC1CC(c2ccc(-c3ccccc3)s2)=CC=C1N(c1ccccc1)c1ccc(-c2ccc(CC(c3ccccc3)c3ccc(C4=CC=C(c5ccccc5)CS4)cc3)cc2)cc1. The van der Waals surface area contributed by atoms with Crippen molar-refractivity contribution in [2.24, 2.45) is 5.92 Å². The third-order valence-corrected chi connectivity index (χ3v) is 14.7. The molecule has 1 aliphatic carbocycles. The van der Waals surface area contributed by atoms with E-state index in [1.54, 1.807) is 0 Å². The van der Waals surface area contributed by atoms with Gasteiger partial charge in [0.1, 0.15) is 0 Å². The first kappa shape index (κ1) is 40.4. The Morgan fingerprint density at radius 3 is 1.63 bits per heavy atom. The van der Waals surface area contributed by atoms with Gasteiger partial charge >= 0.3 is 0 Å². The van der Waals surface area contributed by atoms with Crippen LogP contribution in [0.5, 0.6) is 0 Å². The van der Waals surface area contributed by atoms with Crippen LogP contribution >= 0.6 is 23.1 Å². The summed E-state index contributed by atoms with van der Waals surface area (Å²) >= 11 is 3.81. The van der Waals surface area contributed by atoms with Gasteiger partial charge in [0.05, 0.1) is 0 Å². The van der Waals surface area contributed by atoms with Crippen molar-refractivity contribution >= 4 is 50.5 Å². The topological polar surface area (TPSA) is 3.24 Å². The predicted octanol–water partition coefficient (Wildman–Crippen LogP) is 16.8. The first-order valence-corrected chi connectivity index (χ1v) is 23.8. The Morgan fingerprint density at radius 1 is 0.460 bits per heavy atom. The summed E-state index contributed by atoms with van der Waals surface area (Å²) in [4.78, 5) is 6.43. The van der Waals surface area contributed by atoms with E-state index >= 15 is 0 Å². The fraction of sp³-hybridized carbons (Fsp3) is 0.100. The van der Waals surface area contributed by atoms with Crippen molar-refractivity contribution in [1.29, 1.82) is 0 Å². The Kier molecular flexibility index (Phi) is 12.0. The standard InChI is InChI=1S/C60H49NS2/c1-43-40-52(60-39-38-59(63-60)50-18-10-4-11-19-50)32-36-57(43)61(54-20-12-5-13-21-54)55-34-30-47(31-35-55)46-24-22-44(23-25-46)41-56(48-16-8-3-9-17-48)49-26-28-51(29-27-49)58-37-33-53(42-62-58)45-14-6-2-7-15-45/h2-39,43,56H,40-42H2,1H3. The maximum atomic E-state index is 2.44. The molecule has 10 rings (SSSR count). The summed E-state index contributed by atoms with van der Waals surface area (Å²) in [6.07, 6.45) is 11.2. The molecule has 1 nitrogen and oxygen atoms in total. The van der Waals surface area contributed by atoms with E-state index in [2.05, 4.69) is 242 Å². The largest absolute Gasteiger partial charge is 0.314 e. The summed E-state index contributed by atoms with van der Waals surface area (Å²) in [5.74, 6) is 1.59. The molecule has 3 heteroatoms. The molecule has 7 aromatic carbocycles. The minimum atomic E-state index is 0.256. The zero-order valence-electron chi connectivity index (χ0n) is 35.5. The number of hydrogen-bond acceptors (Lipinski definition) is 3. The van der Waals surface area contributed by atoms with E-state index < -0.39 is 0 Å². The lowest BCUT2D eigenvalue weighted by Crippen LogP contribution is -2.23. The van der Waals surface area contributed by atoms with Gasteiger partial charge in [-0.1, -0.05) is 189 Å². The van der Waals surface area contributed by atoms with E-state index in [9.17, 15) is 0 Å². The van der Waals surface area contributed by atoms with E-state index in [-0.39, 0.29) is 5.92 Å². The van der Waals surface area contributed by atoms with Gasteiger partial charge in [0, 0.05) is 49.3 Å². The van der Waals surface area contributed by atoms with Gasteiger partial charge in [0.15, 0.2) is 0 Å². The molecule has 0 spiro atoms. The smallest absolute Gasteiger partial charge is 0.0458 e. The number of nitrogens with zero attached hydrogens (tertiary/aromatic N) is 1. The van der Waals surface area contributed by atoms with E-state index in [0.29, 0.717) is 5.92 Å². The molecular formula is C60H49NS2. The van der Waals surface area contributed by atoms with Crippen LogP contribution in [0, 0.1) is 5.92 Å². The molecule has 2 unspecified atom stereocenters. The molecule has 306 valence electrons. The molecule has 0 N–H and O–H groups in total. The number of para-hydroxylation sites is 1. The first-order chi connectivity index (χ1) is 31.1. The number of rotatable bonds is 12. The number of thiophene rings is 1. The highest BCUT2D eigenvalue weighted by atomic mass is 32.2. The second-order valence-corrected chi connectivity index (χ2v) is 18.6. The van der Waals surface area contributed by atoms with Crippen molar-refractivity contribution in [2.75, 3.05) is 10.7 Å². The Hall–Kier alpha value is -6.65. The summed E-state index contributed by atoms with van der Waals surface area (Å²) in [6.45, 7) is 2.36. The van der Waals surface area contributed by atoms with Gasteiger partial charge in [0.2, 0.25) is 0 Å². The molecule has 2 atom stereocenters. The fourth-order valence-electron chi connectivity index (χ4n) is 8.93. The first-order valence-electron chi connectivity index (χ1n) is 22.0. The number of hydrogen-bond donors (Lipinski definition) is 0. The monoisotopic (exact) mass is 847 g/mol. The number of thioether (sulfide) groups is 1. The minimum absolute atomic E-state index is 0.256. The fourth-order valence-corrected chi connectivity index (χ4v) is 11.0. The highest BCUT2D eigenvalue weighted by Crippen LogP contribution is 2.43. The lowest BCUT2D eigenvalue weighted by molar-refractivity contribution is 0.681. The van der Waals surface area contributed by atoms with E-state index in [0.717, 1.165) is 18.6 Å². The summed E-state index contributed by atoms with van der Waals surface area (Å²) in [7, 11) is 0. The van der Waals surface area contributed by atoms with Crippen molar-refractivity contribution in [1.82, 2.24) is 0 Å². The number of allylic oxidation sites excluding steroid dienone is 6. The molecule has 0 saturated heterocycles. The van der Waals surface area contributed by atoms with Crippen LogP contribution in [-0.2, 0) is 6.42 Å². The molecule has 63 heavy (non-hydrogen) atoms. The van der Waals surface area contributed by atoms with Crippen molar-refractivity contribution in [3.05, 3.63) is 269 Å². The van der Waals surface area contributed by atoms with Gasteiger partial charge in [-0.25, -0.2) is 0 Å². The summed E-state index contributed by atoms with van der Waals surface area (Å²) in [5.41, 5.74) is 16.8. The summed E-state index contributed by atoms with van der Waals surface area (Å²) < 4.78 is 0. The molecule has 1 aromatic heterocycles. The summed E-state index contributed by atoms with van der Waals surface area (Å²) in [6, 6.07) is 75.4. The van der Waals surface area contributed by atoms with Gasteiger partial charge in [0.25, 0.3) is 0 Å². The molecule has 0 saturated carbocycles. The summed E-state index contributed by atoms with van der Waals surface area (Å²) in [5, 5.41) is 0. The van der Waals surface area contributed by atoms with Gasteiger partial charge in [-0.3, -0.25) is 0 Å². The van der Waals surface area contributed by atoms with Crippen molar-refractivity contribution < 1.29 is 0 Å². The highest BCUT2D eigenvalue weighted by Gasteiger charge is 2.25. The predicted molar refractivity (Wildman–Crippen MR) is 273 cm³/mol. The molecule has 2 heterocycles. The average Bonchev–Trinajstić information content (AvgIpc) is 3.87. The van der Waals surface area contributed by atoms with Crippen molar-refractivity contribution in [3.8, 4) is 21.6 Å². The Balaban J connectivity index is 0.864. The average molecular weight is 848 g/mol. The molecule has 0 amide bonds. The molecule has 0 bridgehead atoms. The van der Waals surface area contributed by atoms with E-state index in [1.807, 2.05) is 23.1 Å². The van der Waals surface area contributed by atoms with Crippen LogP contribution in [0.2, 0.25) is 0 Å². The Morgan fingerprint density at radius 2 is 1.00 bits per heavy atom. The van der Waals surface area contributed by atoms with Crippen LogP contribution in [0.15, 0.2) is 236 Å². The third-order valence-electron chi connectivity index (χ3n) is 12.4. The van der Waals surface area contributed by atoms with Gasteiger partial charge < -0.3 is 4.90 Å². The van der Waals surface area contributed by atoms with E-state index in [1.165, 1.54) is 87.4 Å².